The van der Waals surface area contributed by atoms with Crippen LogP contribution in [0.5, 0.6) is 0 Å². The summed E-state index contributed by atoms with van der Waals surface area (Å²) in [6.07, 6.45) is 9.37. The zero-order chi connectivity index (χ0) is 11.1. The lowest BCUT2D eigenvalue weighted by molar-refractivity contribution is 0.190. The third-order valence-electron chi connectivity index (χ3n) is 2.68. The van der Waals surface area contributed by atoms with Crippen LogP contribution in [0.1, 0.15) is 13.3 Å². The highest BCUT2D eigenvalue weighted by Gasteiger charge is 2.13. The highest BCUT2D eigenvalue weighted by Crippen LogP contribution is 2.11. The van der Waals surface area contributed by atoms with Crippen LogP contribution in [0.15, 0.2) is 36.6 Å². The molecule has 1 aliphatic heterocycles. The third kappa shape index (κ3) is 3.92. The molecule has 1 fully saturated rings. The van der Waals surface area contributed by atoms with E-state index in [1.807, 2.05) is 12.2 Å². The van der Waals surface area contributed by atoms with E-state index in [2.05, 4.69) is 42.5 Å². The molecule has 1 saturated heterocycles. The molecule has 0 aliphatic carbocycles. The molecule has 0 amide bonds. The second kappa shape index (κ2) is 6.46. The van der Waals surface area contributed by atoms with E-state index in [1.165, 1.54) is 5.70 Å². The maximum absolute atomic E-state index is 3.71. The third-order valence-corrected chi connectivity index (χ3v) is 2.68. The van der Waals surface area contributed by atoms with Gasteiger partial charge in [-0.25, -0.2) is 0 Å². The lowest BCUT2D eigenvalue weighted by atomic mass is 10.2. The molecule has 0 bridgehead atoms. The molecule has 2 nitrogen and oxygen atoms in total. The first-order valence-electron chi connectivity index (χ1n) is 5.70. The Hall–Kier alpha value is -1.02. The van der Waals surface area contributed by atoms with Crippen LogP contribution < -0.4 is 0 Å². The summed E-state index contributed by atoms with van der Waals surface area (Å²) in [5.41, 5.74) is 1.34. The summed E-state index contributed by atoms with van der Waals surface area (Å²) >= 11 is 0. The van der Waals surface area contributed by atoms with Crippen molar-refractivity contribution in [2.24, 2.45) is 0 Å². The monoisotopic (exact) mass is 206 g/mol. The molecule has 0 unspecified atom stereocenters. The zero-order valence-corrected chi connectivity index (χ0v) is 9.95. The minimum atomic E-state index is 1.09. The number of allylic oxidation sites excluding steroid dienone is 4. The van der Waals surface area contributed by atoms with Crippen molar-refractivity contribution in [2.45, 2.75) is 13.3 Å². The van der Waals surface area contributed by atoms with Crippen LogP contribution in [0.4, 0.5) is 0 Å². The molecule has 0 aromatic rings. The first kappa shape index (κ1) is 12.1. The number of piperazine rings is 1. The molecule has 1 heterocycles. The average Bonchev–Trinajstić information content (AvgIpc) is 2.25. The van der Waals surface area contributed by atoms with Gasteiger partial charge in [-0.2, -0.15) is 0 Å². The van der Waals surface area contributed by atoms with Crippen molar-refractivity contribution >= 4 is 0 Å². The first-order chi connectivity index (χ1) is 7.27. The van der Waals surface area contributed by atoms with Gasteiger partial charge in [0.25, 0.3) is 0 Å². The summed E-state index contributed by atoms with van der Waals surface area (Å²) in [5, 5.41) is 0. The molecule has 2 heteroatoms. The molecule has 0 N–H and O–H groups in total. The number of hydrogen-bond acceptors (Lipinski definition) is 2. The molecule has 1 aliphatic rings. The molecular weight excluding hydrogens is 184 g/mol. The summed E-state index contributed by atoms with van der Waals surface area (Å²) < 4.78 is 0. The maximum Gasteiger partial charge on any atom is 0.0326 e. The Morgan fingerprint density at radius 1 is 1.27 bits per heavy atom. The highest BCUT2D eigenvalue weighted by molar-refractivity contribution is 5.21. The van der Waals surface area contributed by atoms with Crippen molar-refractivity contribution in [1.29, 1.82) is 0 Å². The van der Waals surface area contributed by atoms with Crippen molar-refractivity contribution in [2.75, 3.05) is 33.2 Å². The standard InChI is InChI=1S/C13H22N2/c1-4-6-8-13(7-5-2)15-11-9-14(3)10-12-15/h4,6-8H,1,5,9-12H2,2-3H3/b8-6-,13-7+. The molecule has 1 rings (SSSR count). The number of hydrogen-bond donors (Lipinski definition) is 0. The molecule has 0 atom stereocenters. The van der Waals surface area contributed by atoms with E-state index >= 15 is 0 Å². The Balaban J connectivity index is 2.60. The van der Waals surface area contributed by atoms with Crippen LogP contribution in [0, 0.1) is 0 Å². The predicted molar refractivity (Wildman–Crippen MR) is 66.8 cm³/mol. The van der Waals surface area contributed by atoms with Crippen LogP contribution >= 0.6 is 0 Å². The second-order valence-corrected chi connectivity index (χ2v) is 3.92. The van der Waals surface area contributed by atoms with Crippen molar-refractivity contribution < 1.29 is 0 Å². The van der Waals surface area contributed by atoms with Gasteiger partial charge in [0, 0.05) is 31.9 Å². The van der Waals surface area contributed by atoms with E-state index in [-0.39, 0.29) is 0 Å². The fraction of sp³-hybridized carbons (Fsp3) is 0.538. The lowest BCUT2D eigenvalue weighted by Crippen LogP contribution is -2.43. The topological polar surface area (TPSA) is 6.48 Å². The van der Waals surface area contributed by atoms with Gasteiger partial charge in [-0.05, 0) is 19.5 Å². The number of nitrogens with zero attached hydrogens (tertiary/aromatic N) is 2. The molecule has 0 spiro atoms. The van der Waals surface area contributed by atoms with Crippen LogP contribution in [0.25, 0.3) is 0 Å². The van der Waals surface area contributed by atoms with Gasteiger partial charge in [0.05, 0.1) is 0 Å². The smallest absolute Gasteiger partial charge is 0.0326 e. The van der Waals surface area contributed by atoms with Gasteiger partial charge in [-0.15, -0.1) is 0 Å². The van der Waals surface area contributed by atoms with Crippen LogP contribution in [0.3, 0.4) is 0 Å². The molecule has 0 saturated carbocycles. The van der Waals surface area contributed by atoms with Gasteiger partial charge in [0.1, 0.15) is 0 Å². The maximum atomic E-state index is 3.71. The molecule has 0 aromatic carbocycles. The highest BCUT2D eigenvalue weighted by atomic mass is 15.2. The summed E-state index contributed by atoms with van der Waals surface area (Å²) in [5.74, 6) is 0. The Morgan fingerprint density at radius 2 is 1.93 bits per heavy atom. The van der Waals surface area contributed by atoms with Crippen molar-refractivity contribution in [1.82, 2.24) is 9.80 Å². The number of rotatable bonds is 4. The Kier molecular flexibility index (Phi) is 5.19. The van der Waals surface area contributed by atoms with Crippen LogP contribution in [-0.4, -0.2) is 43.0 Å². The Morgan fingerprint density at radius 3 is 2.47 bits per heavy atom. The van der Waals surface area contributed by atoms with Crippen molar-refractivity contribution in [3.63, 3.8) is 0 Å². The second-order valence-electron chi connectivity index (χ2n) is 3.92. The fourth-order valence-electron chi connectivity index (χ4n) is 1.74. The number of likely N-dealkylation sites (N-methyl/N-ethyl adjacent to an activating group) is 1. The van der Waals surface area contributed by atoms with Crippen LogP contribution in [0.2, 0.25) is 0 Å². The van der Waals surface area contributed by atoms with Gasteiger partial charge in [0.2, 0.25) is 0 Å². The lowest BCUT2D eigenvalue weighted by Gasteiger charge is -2.34. The predicted octanol–water partition coefficient (Wildman–Crippen LogP) is 2.27. The zero-order valence-electron chi connectivity index (χ0n) is 9.95. The molecule has 15 heavy (non-hydrogen) atoms. The van der Waals surface area contributed by atoms with Gasteiger partial charge >= 0.3 is 0 Å². The minimum absolute atomic E-state index is 1.09. The van der Waals surface area contributed by atoms with E-state index in [0.717, 1.165) is 32.6 Å². The summed E-state index contributed by atoms with van der Waals surface area (Å²) in [4.78, 5) is 4.82. The summed E-state index contributed by atoms with van der Waals surface area (Å²) in [6, 6.07) is 0. The average molecular weight is 206 g/mol. The minimum Gasteiger partial charge on any atom is -0.369 e. The van der Waals surface area contributed by atoms with Crippen molar-refractivity contribution in [3.8, 4) is 0 Å². The Bertz CT molecular complexity index is 245. The van der Waals surface area contributed by atoms with Gasteiger partial charge in [-0.3, -0.25) is 0 Å². The molecule has 0 radical (unpaired) electrons. The van der Waals surface area contributed by atoms with Gasteiger partial charge in [-0.1, -0.05) is 31.7 Å². The summed E-state index contributed by atoms with van der Waals surface area (Å²) in [6.45, 7) is 10.5. The SMILES string of the molecule is C=C/C=C\C(=C/CC)N1CCN(C)CC1. The van der Waals surface area contributed by atoms with E-state index < -0.39 is 0 Å². The van der Waals surface area contributed by atoms with E-state index in [9.17, 15) is 0 Å². The molecule has 0 aromatic heterocycles. The normalized spacial score (nSPS) is 19.9. The van der Waals surface area contributed by atoms with Crippen molar-refractivity contribution in [3.05, 3.63) is 36.6 Å². The largest absolute Gasteiger partial charge is 0.369 e. The fourth-order valence-corrected chi connectivity index (χ4v) is 1.74. The Labute approximate surface area is 93.6 Å². The van der Waals surface area contributed by atoms with E-state index in [1.54, 1.807) is 0 Å². The van der Waals surface area contributed by atoms with Crippen LogP contribution in [-0.2, 0) is 0 Å². The first-order valence-corrected chi connectivity index (χ1v) is 5.70. The van der Waals surface area contributed by atoms with Gasteiger partial charge < -0.3 is 9.80 Å². The quantitative estimate of drug-likeness (QED) is 0.651. The molecule has 84 valence electrons. The van der Waals surface area contributed by atoms with E-state index in [0.29, 0.717) is 0 Å². The summed E-state index contributed by atoms with van der Waals surface area (Å²) in [7, 11) is 2.18. The molecular formula is C13H22N2. The van der Waals surface area contributed by atoms with E-state index in [4.69, 9.17) is 0 Å². The van der Waals surface area contributed by atoms with Gasteiger partial charge in [0.15, 0.2) is 0 Å².